The zero-order valence-electron chi connectivity index (χ0n) is 12.3. The molecule has 2 heterocycles. The lowest BCUT2D eigenvalue weighted by Crippen LogP contribution is -2.20. The van der Waals surface area contributed by atoms with Crippen LogP contribution in [0.4, 0.5) is 5.95 Å². The van der Waals surface area contributed by atoms with Crippen LogP contribution in [0.15, 0.2) is 42.2 Å². The smallest absolute Gasteiger partial charge is 0.225 e. The Morgan fingerprint density at radius 1 is 1.05 bits per heavy atom. The van der Waals surface area contributed by atoms with Gasteiger partial charge < -0.3 is 4.90 Å². The number of aromatic nitrogens is 2. The van der Waals surface area contributed by atoms with Gasteiger partial charge in [-0.3, -0.25) is 4.79 Å². The van der Waals surface area contributed by atoms with Gasteiger partial charge in [0, 0.05) is 48.6 Å². The number of carbonyl (C=O) groups is 1. The first-order valence-electron chi connectivity index (χ1n) is 7.71. The van der Waals surface area contributed by atoms with Gasteiger partial charge in [0.1, 0.15) is 0 Å². The number of carbonyl (C=O) groups excluding carboxylic acids is 1. The monoisotopic (exact) mass is 291 g/mol. The highest BCUT2D eigenvalue weighted by molar-refractivity contribution is 6.15. The summed E-state index contributed by atoms with van der Waals surface area (Å²) in [5.74, 6) is 0.917. The first kappa shape index (κ1) is 13.2. The second-order valence-electron chi connectivity index (χ2n) is 5.84. The molecule has 0 saturated carbocycles. The van der Waals surface area contributed by atoms with E-state index in [4.69, 9.17) is 0 Å². The summed E-state index contributed by atoms with van der Waals surface area (Å²) in [4.78, 5) is 23.4. The number of fused-ring (bicyclic) bond motifs is 1. The molecule has 4 heteroatoms. The van der Waals surface area contributed by atoms with Crippen molar-refractivity contribution in [3.8, 4) is 0 Å². The van der Waals surface area contributed by atoms with Crippen LogP contribution < -0.4 is 4.90 Å². The van der Waals surface area contributed by atoms with E-state index >= 15 is 0 Å². The molecule has 1 aliphatic carbocycles. The van der Waals surface area contributed by atoms with Crippen LogP contribution in [0.2, 0.25) is 0 Å². The lowest BCUT2D eigenvalue weighted by Gasteiger charge is -2.14. The van der Waals surface area contributed by atoms with Crippen molar-refractivity contribution < 1.29 is 4.79 Å². The van der Waals surface area contributed by atoms with Gasteiger partial charge in [0.25, 0.3) is 0 Å². The van der Waals surface area contributed by atoms with Gasteiger partial charge in [0.15, 0.2) is 5.78 Å². The Morgan fingerprint density at radius 3 is 2.50 bits per heavy atom. The van der Waals surface area contributed by atoms with Gasteiger partial charge in [0.05, 0.1) is 0 Å². The second kappa shape index (κ2) is 5.37. The number of ketones is 1. The van der Waals surface area contributed by atoms with E-state index in [9.17, 15) is 4.79 Å². The maximum atomic E-state index is 12.4. The third kappa shape index (κ3) is 2.30. The topological polar surface area (TPSA) is 46.1 Å². The summed E-state index contributed by atoms with van der Waals surface area (Å²) in [6.45, 7) is 2.07. The highest BCUT2D eigenvalue weighted by Gasteiger charge is 2.24. The van der Waals surface area contributed by atoms with Gasteiger partial charge in [0.2, 0.25) is 5.95 Å². The maximum Gasteiger partial charge on any atom is 0.225 e. The molecule has 110 valence electrons. The molecule has 0 N–H and O–H groups in total. The first-order valence-corrected chi connectivity index (χ1v) is 7.71. The molecule has 2 aliphatic rings. The molecule has 0 atom stereocenters. The Balaban J connectivity index is 1.57. The summed E-state index contributed by atoms with van der Waals surface area (Å²) < 4.78 is 0. The van der Waals surface area contributed by atoms with Crippen LogP contribution in [-0.2, 0) is 6.42 Å². The maximum absolute atomic E-state index is 12.4. The Morgan fingerprint density at radius 2 is 1.77 bits per heavy atom. The van der Waals surface area contributed by atoms with Crippen molar-refractivity contribution in [1.29, 1.82) is 0 Å². The molecule has 1 saturated heterocycles. The normalized spacial score (nSPS) is 19.0. The lowest BCUT2D eigenvalue weighted by molar-refractivity contribution is 0.104. The summed E-state index contributed by atoms with van der Waals surface area (Å²) in [5, 5.41) is 0. The van der Waals surface area contributed by atoms with Crippen LogP contribution in [0.25, 0.3) is 6.08 Å². The second-order valence-corrected chi connectivity index (χ2v) is 5.84. The minimum Gasteiger partial charge on any atom is -0.341 e. The number of hydrogen-bond donors (Lipinski definition) is 0. The van der Waals surface area contributed by atoms with Gasteiger partial charge in [-0.25, -0.2) is 9.97 Å². The Kier molecular flexibility index (Phi) is 3.22. The molecular weight excluding hydrogens is 274 g/mol. The molecule has 0 spiro atoms. The zero-order chi connectivity index (χ0) is 14.9. The average molecular weight is 291 g/mol. The van der Waals surface area contributed by atoms with Gasteiger partial charge in [-0.15, -0.1) is 0 Å². The van der Waals surface area contributed by atoms with Gasteiger partial charge >= 0.3 is 0 Å². The van der Waals surface area contributed by atoms with Crippen LogP contribution >= 0.6 is 0 Å². The zero-order valence-corrected chi connectivity index (χ0v) is 12.3. The molecule has 4 nitrogen and oxygen atoms in total. The van der Waals surface area contributed by atoms with Crippen LogP contribution in [0.3, 0.4) is 0 Å². The van der Waals surface area contributed by atoms with Gasteiger partial charge in [-0.1, -0.05) is 24.3 Å². The molecule has 1 fully saturated rings. The predicted molar refractivity (Wildman–Crippen MR) is 85.9 cm³/mol. The van der Waals surface area contributed by atoms with E-state index in [1.165, 1.54) is 12.8 Å². The number of allylic oxidation sites excluding steroid dienone is 1. The van der Waals surface area contributed by atoms with Crippen molar-refractivity contribution >= 4 is 17.8 Å². The molecule has 0 unspecified atom stereocenters. The third-order valence-electron chi connectivity index (χ3n) is 4.32. The summed E-state index contributed by atoms with van der Waals surface area (Å²) >= 11 is 0. The van der Waals surface area contributed by atoms with E-state index in [1.54, 1.807) is 0 Å². The molecular formula is C18H17N3O. The van der Waals surface area contributed by atoms with E-state index in [-0.39, 0.29) is 5.78 Å². The number of Topliss-reactive ketones (excluding diaryl/α,β-unsaturated/α-hetero) is 1. The number of hydrogen-bond acceptors (Lipinski definition) is 4. The van der Waals surface area contributed by atoms with Crippen LogP contribution in [0, 0.1) is 0 Å². The van der Waals surface area contributed by atoms with E-state index in [0.29, 0.717) is 6.42 Å². The number of rotatable bonds is 2. The molecule has 1 aromatic carbocycles. The minimum atomic E-state index is 0.124. The summed E-state index contributed by atoms with van der Waals surface area (Å²) in [6, 6.07) is 7.79. The molecule has 1 aliphatic heterocycles. The Bertz CT molecular complexity index is 743. The van der Waals surface area contributed by atoms with Crippen molar-refractivity contribution in [3.63, 3.8) is 0 Å². The van der Waals surface area contributed by atoms with Crippen LogP contribution in [0.1, 0.15) is 34.3 Å². The van der Waals surface area contributed by atoms with E-state index in [2.05, 4.69) is 14.9 Å². The standard InChI is InChI=1S/C18H17N3O/c22-17-15(10-14-5-1-2-6-16(14)17)9-13-11-19-18(20-12-13)21-7-3-4-8-21/h1-2,5-6,9,11-12H,3-4,7-8,10H2/b15-9+. The van der Waals surface area contributed by atoms with Gasteiger partial charge in [-0.2, -0.15) is 0 Å². The molecule has 22 heavy (non-hydrogen) atoms. The molecule has 1 aromatic heterocycles. The number of anilines is 1. The fourth-order valence-corrected chi connectivity index (χ4v) is 3.16. The summed E-state index contributed by atoms with van der Waals surface area (Å²) in [6.07, 6.45) is 8.65. The molecule has 0 radical (unpaired) electrons. The van der Waals surface area contributed by atoms with Crippen LogP contribution in [0.5, 0.6) is 0 Å². The van der Waals surface area contributed by atoms with Crippen molar-refractivity contribution in [3.05, 3.63) is 58.9 Å². The lowest BCUT2D eigenvalue weighted by atomic mass is 10.1. The van der Waals surface area contributed by atoms with E-state index in [0.717, 1.165) is 41.3 Å². The first-order chi connectivity index (χ1) is 10.8. The Hall–Kier alpha value is -2.49. The Labute approximate surface area is 129 Å². The van der Waals surface area contributed by atoms with Crippen LogP contribution in [-0.4, -0.2) is 28.8 Å². The highest BCUT2D eigenvalue weighted by atomic mass is 16.1. The molecule has 4 rings (SSSR count). The SMILES string of the molecule is O=C1/C(=C/c2cnc(N3CCCC3)nc2)Cc2ccccc21. The fourth-order valence-electron chi connectivity index (χ4n) is 3.16. The van der Waals surface area contributed by atoms with Crippen molar-refractivity contribution in [2.24, 2.45) is 0 Å². The van der Waals surface area contributed by atoms with E-state index < -0.39 is 0 Å². The highest BCUT2D eigenvalue weighted by Crippen LogP contribution is 2.27. The van der Waals surface area contributed by atoms with Crippen molar-refractivity contribution in [2.45, 2.75) is 19.3 Å². The number of benzene rings is 1. The summed E-state index contributed by atoms with van der Waals surface area (Å²) in [7, 11) is 0. The number of nitrogens with zero attached hydrogens (tertiary/aromatic N) is 3. The van der Waals surface area contributed by atoms with Crippen molar-refractivity contribution in [1.82, 2.24) is 9.97 Å². The molecule has 0 bridgehead atoms. The largest absolute Gasteiger partial charge is 0.341 e. The fraction of sp³-hybridized carbons (Fsp3) is 0.278. The van der Waals surface area contributed by atoms with E-state index in [1.807, 2.05) is 42.7 Å². The van der Waals surface area contributed by atoms with Crippen molar-refractivity contribution in [2.75, 3.05) is 18.0 Å². The quantitative estimate of drug-likeness (QED) is 0.798. The minimum absolute atomic E-state index is 0.124. The average Bonchev–Trinajstić information content (AvgIpc) is 3.18. The summed E-state index contributed by atoms with van der Waals surface area (Å²) in [5.41, 5.74) is 3.63. The van der Waals surface area contributed by atoms with Gasteiger partial charge in [-0.05, 0) is 24.5 Å². The third-order valence-corrected chi connectivity index (χ3v) is 4.32. The molecule has 2 aromatic rings. The predicted octanol–water partition coefficient (Wildman–Crippen LogP) is 2.90. The molecule has 0 amide bonds.